The molecule has 1 N–H and O–H groups in total. The number of H-pyrrole nitrogens is 1. The Balaban J connectivity index is 1.80. The van der Waals surface area contributed by atoms with Gasteiger partial charge in [-0.2, -0.15) is 0 Å². The molecule has 29 heavy (non-hydrogen) atoms. The lowest BCUT2D eigenvalue weighted by Gasteiger charge is -2.18. The quantitative estimate of drug-likeness (QED) is 0.680. The summed E-state index contributed by atoms with van der Waals surface area (Å²) in [7, 11) is 0. The molecule has 1 aliphatic heterocycles. The molecule has 4 rings (SSSR count). The molecule has 2 heterocycles. The van der Waals surface area contributed by atoms with Crippen molar-refractivity contribution in [1.82, 2.24) is 9.88 Å². The van der Waals surface area contributed by atoms with Crippen LogP contribution in [0.5, 0.6) is 0 Å². The second-order valence-corrected chi connectivity index (χ2v) is 6.69. The lowest BCUT2D eigenvalue weighted by atomic mass is 10.0. The monoisotopic (exact) mass is 396 g/mol. The maximum absolute atomic E-state index is 13.6. The standard InChI is InChI=1S/C22H18F2N2O3/c1-2-29-22(28)18-12-26(21(27)13-3-5-14(23)6-4-13)10-9-17-16-8-7-15(24)11-19(16)25-20(17)18/h3-8,11-12,25H,2,9-10H2,1H3. The fraction of sp³-hybridized carbons (Fsp3) is 0.182. The molecule has 0 spiro atoms. The highest BCUT2D eigenvalue weighted by Crippen LogP contribution is 2.32. The van der Waals surface area contributed by atoms with Gasteiger partial charge in [0.15, 0.2) is 0 Å². The van der Waals surface area contributed by atoms with Gasteiger partial charge in [-0.15, -0.1) is 0 Å². The van der Waals surface area contributed by atoms with Crippen molar-refractivity contribution in [2.24, 2.45) is 0 Å². The Hall–Kier alpha value is -3.48. The van der Waals surface area contributed by atoms with Gasteiger partial charge in [0.1, 0.15) is 11.6 Å². The van der Waals surface area contributed by atoms with Crippen molar-refractivity contribution >= 4 is 28.4 Å². The van der Waals surface area contributed by atoms with E-state index in [9.17, 15) is 18.4 Å². The summed E-state index contributed by atoms with van der Waals surface area (Å²) in [5.74, 6) is -1.76. The number of esters is 1. The Morgan fingerprint density at radius 3 is 2.55 bits per heavy atom. The maximum Gasteiger partial charge on any atom is 0.341 e. The molecular weight excluding hydrogens is 378 g/mol. The van der Waals surface area contributed by atoms with E-state index in [1.807, 2.05) is 0 Å². The molecule has 0 aliphatic carbocycles. The first-order valence-corrected chi connectivity index (χ1v) is 9.24. The zero-order chi connectivity index (χ0) is 20.5. The van der Waals surface area contributed by atoms with Crippen LogP contribution in [-0.4, -0.2) is 34.9 Å². The number of carbonyl (C=O) groups excluding carboxylic acids is 2. The van der Waals surface area contributed by atoms with E-state index in [2.05, 4.69) is 4.98 Å². The van der Waals surface area contributed by atoms with Gasteiger partial charge in [-0.05, 0) is 61.4 Å². The molecular formula is C22H18F2N2O3. The van der Waals surface area contributed by atoms with E-state index >= 15 is 0 Å². The summed E-state index contributed by atoms with van der Waals surface area (Å²) in [5, 5.41) is 0.785. The molecule has 0 fully saturated rings. The summed E-state index contributed by atoms with van der Waals surface area (Å²) in [4.78, 5) is 30.1. The summed E-state index contributed by atoms with van der Waals surface area (Å²) in [6, 6.07) is 9.61. The molecule has 2 aromatic carbocycles. The van der Waals surface area contributed by atoms with Crippen molar-refractivity contribution in [2.75, 3.05) is 13.2 Å². The van der Waals surface area contributed by atoms with Crippen molar-refractivity contribution in [2.45, 2.75) is 13.3 Å². The summed E-state index contributed by atoms with van der Waals surface area (Å²) >= 11 is 0. The molecule has 1 aromatic heterocycles. The van der Waals surface area contributed by atoms with Crippen LogP contribution in [0.4, 0.5) is 8.78 Å². The number of aromatic nitrogens is 1. The molecule has 0 bridgehead atoms. The zero-order valence-corrected chi connectivity index (χ0v) is 15.7. The van der Waals surface area contributed by atoms with Crippen molar-refractivity contribution in [1.29, 1.82) is 0 Å². The van der Waals surface area contributed by atoms with Gasteiger partial charge in [0.25, 0.3) is 5.91 Å². The van der Waals surface area contributed by atoms with Crippen LogP contribution >= 0.6 is 0 Å². The third-order valence-corrected chi connectivity index (χ3v) is 4.87. The highest BCUT2D eigenvalue weighted by Gasteiger charge is 2.27. The van der Waals surface area contributed by atoms with Gasteiger partial charge in [-0.3, -0.25) is 4.79 Å². The Kier molecular flexibility index (Phi) is 4.88. The molecule has 7 heteroatoms. The van der Waals surface area contributed by atoms with Gasteiger partial charge in [-0.1, -0.05) is 0 Å². The topological polar surface area (TPSA) is 62.4 Å². The Morgan fingerprint density at radius 2 is 1.83 bits per heavy atom. The largest absolute Gasteiger partial charge is 0.462 e. The molecule has 5 nitrogen and oxygen atoms in total. The van der Waals surface area contributed by atoms with Crippen LogP contribution in [0.3, 0.4) is 0 Å². The minimum Gasteiger partial charge on any atom is -0.462 e. The number of nitrogens with zero attached hydrogens (tertiary/aromatic N) is 1. The number of benzene rings is 2. The van der Waals surface area contributed by atoms with Crippen LogP contribution in [0.25, 0.3) is 16.5 Å². The first kappa shape index (κ1) is 18.9. The van der Waals surface area contributed by atoms with Crippen LogP contribution in [0.15, 0.2) is 48.7 Å². The predicted molar refractivity (Wildman–Crippen MR) is 104 cm³/mol. The molecule has 1 amide bonds. The van der Waals surface area contributed by atoms with Gasteiger partial charge >= 0.3 is 5.97 Å². The summed E-state index contributed by atoms with van der Waals surface area (Å²) < 4.78 is 32.0. The highest BCUT2D eigenvalue weighted by molar-refractivity contribution is 6.18. The van der Waals surface area contributed by atoms with Crippen molar-refractivity contribution in [3.63, 3.8) is 0 Å². The fourth-order valence-corrected chi connectivity index (χ4v) is 3.52. The molecule has 0 unspecified atom stereocenters. The number of ether oxygens (including phenoxy) is 1. The Bertz CT molecular complexity index is 1130. The molecule has 0 saturated heterocycles. The van der Waals surface area contributed by atoms with Gasteiger partial charge < -0.3 is 14.6 Å². The number of fused-ring (bicyclic) bond motifs is 3. The predicted octanol–water partition coefficient (Wildman–Crippen LogP) is 4.05. The summed E-state index contributed by atoms with van der Waals surface area (Å²) in [6.07, 6.45) is 1.90. The zero-order valence-electron chi connectivity index (χ0n) is 15.7. The minimum absolute atomic E-state index is 0.173. The second-order valence-electron chi connectivity index (χ2n) is 6.69. The number of amides is 1. The number of carbonyl (C=O) groups is 2. The third-order valence-electron chi connectivity index (χ3n) is 4.87. The normalized spacial score (nSPS) is 13.6. The SMILES string of the molecule is CCOC(=O)C1=CN(C(=O)c2ccc(F)cc2)CCc2c1[nH]c1cc(F)ccc21. The molecule has 1 aliphatic rings. The van der Waals surface area contributed by atoms with Gasteiger partial charge in [0, 0.05) is 29.2 Å². The average molecular weight is 396 g/mol. The first-order valence-electron chi connectivity index (χ1n) is 9.24. The Morgan fingerprint density at radius 1 is 1.10 bits per heavy atom. The van der Waals surface area contributed by atoms with Gasteiger partial charge in [0.05, 0.1) is 17.9 Å². The van der Waals surface area contributed by atoms with E-state index in [1.54, 1.807) is 13.0 Å². The molecule has 0 saturated carbocycles. The smallest absolute Gasteiger partial charge is 0.341 e. The third kappa shape index (κ3) is 3.51. The number of hydrogen-bond acceptors (Lipinski definition) is 3. The van der Waals surface area contributed by atoms with Crippen molar-refractivity contribution in [3.05, 3.63) is 77.1 Å². The minimum atomic E-state index is -0.584. The molecule has 148 valence electrons. The van der Waals surface area contributed by atoms with E-state index in [4.69, 9.17) is 4.74 Å². The number of aromatic amines is 1. The lowest BCUT2D eigenvalue weighted by Crippen LogP contribution is -2.28. The molecule has 0 atom stereocenters. The van der Waals surface area contributed by atoms with Crippen molar-refractivity contribution < 1.29 is 23.1 Å². The van der Waals surface area contributed by atoms with E-state index in [-0.39, 0.29) is 23.9 Å². The van der Waals surface area contributed by atoms with Crippen molar-refractivity contribution in [3.8, 4) is 0 Å². The van der Waals surface area contributed by atoms with Crippen LogP contribution in [0, 0.1) is 11.6 Å². The van der Waals surface area contributed by atoms with Crippen LogP contribution in [0.2, 0.25) is 0 Å². The first-order chi connectivity index (χ1) is 14.0. The number of halogens is 2. The number of hydrogen-bond donors (Lipinski definition) is 1. The maximum atomic E-state index is 13.6. The average Bonchev–Trinajstić information content (AvgIpc) is 2.94. The lowest BCUT2D eigenvalue weighted by molar-refractivity contribution is -0.136. The summed E-state index contributed by atoms with van der Waals surface area (Å²) in [5.41, 5.74) is 2.39. The summed E-state index contributed by atoms with van der Waals surface area (Å²) in [6.45, 7) is 2.17. The highest BCUT2D eigenvalue weighted by atomic mass is 19.1. The van der Waals surface area contributed by atoms with Crippen LogP contribution in [0.1, 0.15) is 28.5 Å². The van der Waals surface area contributed by atoms with Crippen LogP contribution in [-0.2, 0) is 16.0 Å². The van der Waals surface area contributed by atoms with E-state index in [0.717, 1.165) is 10.9 Å². The second kappa shape index (κ2) is 7.50. The van der Waals surface area contributed by atoms with Gasteiger partial charge in [-0.25, -0.2) is 13.6 Å². The van der Waals surface area contributed by atoms with Gasteiger partial charge in [0.2, 0.25) is 0 Å². The molecule has 0 radical (unpaired) electrons. The van der Waals surface area contributed by atoms with E-state index in [1.165, 1.54) is 47.5 Å². The number of rotatable bonds is 3. The van der Waals surface area contributed by atoms with Crippen LogP contribution < -0.4 is 0 Å². The fourth-order valence-electron chi connectivity index (χ4n) is 3.52. The Labute approximate surface area is 165 Å². The van der Waals surface area contributed by atoms with E-state index in [0.29, 0.717) is 29.7 Å². The molecule has 3 aromatic rings. The van der Waals surface area contributed by atoms with E-state index < -0.39 is 11.8 Å². The number of nitrogens with one attached hydrogen (secondary N) is 1.